The SMILES string of the molecule is CN=C(NCCCN1CCCC(C(N)=O)C1)N1CCN(C(C)C(F)(F)F)CC1.I. The standard InChI is InChI=1S/C18H33F3N6O.HI/c1-14(18(19,20)21)26-9-11-27(12-10-26)17(23-2)24-6-4-8-25-7-3-5-15(13-25)16(22)28;/h14-15H,3-13H2,1-2H3,(H2,22,28)(H,23,24);1H. The lowest BCUT2D eigenvalue weighted by Gasteiger charge is -2.39. The van der Waals surface area contributed by atoms with Crippen molar-refractivity contribution in [2.45, 2.75) is 38.4 Å². The van der Waals surface area contributed by atoms with Gasteiger partial charge < -0.3 is 20.9 Å². The number of guanidine groups is 1. The topological polar surface area (TPSA) is 77.2 Å². The van der Waals surface area contributed by atoms with Gasteiger partial charge in [0.05, 0.1) is 5.92 Å². The number of nitrogens with zero attached hydrogens (tertiary/aromatic N) is 4. The lowest BCUT2D eigenvalue weighted by atomic mass is 9.97. The molecule has 0 aliphatic carbocycles. The van der Waals surface area contributed by atoms with E-state index in [0.29, 0.717) is 26.2 Å². The molecule has 0 spiro atoms. The number of carbonyl (C=O) groups excluding carboxylic acids is 1. The van der Waals surface area contributed by atoms with Gasteiger partial charge in [-0.15, -0.1) is 24.0 Å². The van der Waals surface area contributed by atoms with Gasteiger partial charge in [-0.2, -0.15) is 13.2 Å². The van der Waals surface area contributed by atoms with Crippen molar-refractivity contribution in [2.24, 2.45) is 16.6 Å². The zero-order chi connectivity index (χ0) is 20.7. The van der Waals surface area contributed by atoms with Crippen molar-refractivity contribution in [1.82, 2.24) is 20.0 Å². The Morgan fingerprint density at radius 2 is 1.90 bits per heavy atom. The Hall–Kier alpha value is -0.820. The predicted octanol–water partition coefficient (Wildman–Crippen LogP) is 1.34. The minimum atomic E-state index is -4.19. The lowest BCUT2D eigenvalue weighted by Crippen LogP contribution is -2.56. The van der Waals surface area contributed by atoms with Crippen molar-refractivity contribution < 1.29 is 18.0 Å². The Balaban J connectivity index is 0.00000420. The van der Waals surface area contributed by atoms with Gasteiger partial charge >= 0.3 is 6.18 Å². The first-order chi connectivity index (χ1) is 13.2. The van der Waals surface area contributed by atoms with Crippen LogP contribution < -0.4 is 11.1 Å². The summed E-state index contributed by atoms with van der Waals surface area (Å²) in [5.41, 5.74) is 5.41. The van der Waals surface area contributed by atoms with Gasteiger partial charge in [-0.25, -0.2) is 0 Å². The van der Waals surface area contributed by atoms with E-state index in [-0.39, 0.29) is 35.8 Å². The molecule has 2 saturated heterocycles. The van der Waals surface area contributed by atoms with E-state index in [0.717, 1.165) is 51.4 Å². The Morgan fingerprint density at radius 3 is 2.45 bits per heavy atom. The van der Waals surface area contributed by atoms with Crippen molar-refractivity contribution >= 4 is 35.8 Å². The molecule has 0 radical (unpaired) electrons. The molecule has 29 heavy (non-hydrogen) atoms. The molecule has 2 heterocycles. The highest BCUT2D eigenvalue weighted by Crippen LogP contribution is 2.25. The van der Waals surface area contributed by atoms with Crippen molar-refractivity contribution in [3.8, 4) is 0 Å². The van der Waals surface area contributed by atoms with E-state index in [1.54, 1.807) is 7.05 Å². The van der Waals surface area contributed by atoms with E-state index < -0.39 is 12.2 Å². The maximum absolute atomic E-state index is 12.9. The summed E-state index contributed by atoms with van der Waals surface area (Å²) in [7, 11) is 1.69. The number of halogens is 4. The fraction of sp³-hybridized carbons (Fsp3) is 0.889. The van der Waals surface area contributed by atoms with Crippen LogP contribution >= 0.6 is 24.0 Å². The average molecular weight is 534 g/mol. The number of primary amides is 1. The van der Waals surface area contributed by atoms with Crippen LogP contribution in [0.1, 0.15) is 26.2 Å². The van der Waals surface area contributed by atoms with Crippen LogP contribution in [0.3, 0.4) is 0 Å². The molecule has 7 nitrogen and oxygen atoms in total. The number of hydrogen-bond donors (Lipinski definition) is 2. The largest absolute Gasteiger partial charge is 0.403 e. The third-order valence-corrected chi connectivity index (χ3v) is 5.69. The zero-order valence-electron chi connectivity index (χ0n) is 17.2. The molecule has 2 aliphatic heterocycles. The number of rotatable bonds is 6. The van der Waals surface area contributed by atoms with E-state index in [1.165, 1.54) is 11.8 Å². The molecule has 2 rings (SSSR count). The summed E-state index contributed by atoms with van der Waals surface area (Å²) in [5, 5.41) is 3.30. The Labute approximate surface area is 188 Å². The molecule has 1 amide bonds. The second kappa shape index (κ2) is 12.1. The summed E-state index contributed by atoms with van der Waals surface area (Å²) in [6.07, 6.45) is -1.43. The number of alkyl halides is 3. The molecule has 2 unspecified atom stereocenters. The number of hydrogen-bond acceptors (Lipinski definition) is 4. The van der Waals surface area contributed by atoms with E-state index >= 15 is 0 Å². The number of likely N-dealkylation sites (tertiary alicyclic amines) is 1. The van der Waals surface area contributed by atoms with Crippen LogP contribution in [0, 0.1) is 5.92 Å². The fourth-order valence-electron chi connectivity index (χ4n) is 3.85. The van der Waals surface area contributed by atoms with Gasteiger partial charge in [-0.3, -0.25) is 14.7 Å². The first-order valence-electron chi connectivity index (χ1n) is 10.0. The maximum Gasteiger partial charge on any atom is 0.403 e. The highest BCUT2D eigenvalue weighted by atomic mass is 127. The highest BCUT2D eigenvalue weighted by Gasteiger charge is 2.41. The van der Waals surface area contributed by atoms with Crippen molar-refractivity contribution in [2.75, 3.05) is 59.4 Å². The lowest BCUT2D eigenvalue weighted by molar-refractivity contribution is -0.181. The first-order valence-corrected chi connectivity index (χ1v) is 10.0. The molecular weight excluding hydrogens is 500 g/mol. The maximum atomic E-state index is 12.9. The molecule has 11 heteroatoms. The molecule has 2 fully saturated rings. The van der Waals surface area contributed by atoms with Gasteiger partial charge in [0.15, 0.2) is 5.96 Å². The number of nitrogens with one attached hydrogen (secondary N) is 1. The molecule has 2 aliphatic rings. The van der Waals surface area contributed by atoms with Crippen LogP contribution in [0.2, 0.25) is 0 Å². The molecule has 0 saturated carbocycles. The van der Waals surface area contributed by atoms with Gasteiger partial charge in [0.2, 0.25) is 5.91 Å². The van der Waals surface area contributed by atoms with Crippen LogP contribution in [-0.2, 0) is 4.79 Å². The highest BCUT2D eigenvalue weighted by molar-refractivity contribution is 14.0. The minimum absolute atomic E-state index is 0. The third kappa shape index (κ3) is 8.08. The molecule has 170 valence electrons. The van der Waals surface area contributed by atoms with Gasteiger partial charge in [0, 0.05) is 46.3 Å². The summed E-state index contributed by atoms with van der Waals surface area (Å²) in [4.78, 5) is 21.4. The summed E-state index contributed by atoms with van der Waals surface area (Å²) >= 11 is 0. The number of nitrogens with two attached hydrogens (primary N) is 1. The summed E-state index contributed by atoms with van der Waals surface area (Å²) < 4.78 is 38.6. The Bertz CT molecular complexity index is 540. The van der Waals surface area contributed by atoms with E-state index in [4.69, 9.17) is 5.73 Å². The van der Waals surface area contributed by atoms with E-state index in [2.05, 4.69) is 15.2 Å². The zero-order valence-corrected chi connectivity index (χ0v) is 19.6. The Morgan fingerprint density at radius 1 is 1.24 bits per heavy atom. The fourth-order valence-corrected chi connectivity index (χ4v) is 3.85. The molecule has 0 aromatic rings. The smallest absolute Gasteiger partial charge is 0.369 e. The Kier molecular flexibility index (Phi) is 11.0. The van der Waals surface area contributed by atoms with E-state index in [9.17, 15) is 18.0 Å². The van der Waals surface area contributed by atoms with Crippen molar-refractivity contribution in [3.05, 3.63) is 0 Å². The van der Waals surface area contributed by atoms with Gasteiger partial charge in [0.25, 0.3) is 0 Å². The van der Waals surface area contributed by atoms with E-state index in [1.807, 2.05) is 4.90 Å². The normalized spacial score (nSPS) is 23.4. The predicted molar refractivity (Wildman–Crippen MR) is 118 cm³/mol. The molecule has 0 bridgehead atoms. The second-order valence-electron chi connectivity index (χ2n) is 7.61. The molecule has 3 N–H and O–H groups in total. The number of piperazine rings is 1. The van der Waals surface area contributed by atoms with Gasteiger partial charge in [-0.1, -0.05) is 0 Å². The summed E-state index contributed by atoms with van der Waals surface area (Å²) in [5.74, 6) is 0.458. The van der Waals surface area contributed by atoms with Crippen LogP contribution in [-0.4, -0.2) is 98.2 Å². The second-order valence-corrected chi connectivity index (χ2v) is 7.61. The average Bonchev–Trinajstić information content (AvgIpc) is 2.67. The monoisotopic (exact) mass is 534 g/mol. The number of carbonyl (C=O) groups is 1. The molecule has 0 aromatic heterocycles. The number of aliphatic imine (C=N–C) groups is 1. The molecule has 2 atom stereocenters. The van der Waals surface area contributed by atoms with Crippen LogP contribution in [0.4, 0.5) is 13.2 Å². The van der Waals surface area contributed by atoms with Crippen LogP contribution in [0.5, 0.6) is 0 Å². The summed E-state index contributed by atoms with van der Waals surface area (Å²) in [6, 6.07) is -1.42. The number of amides is 1. The molecule has 0 aromatic carbocycles. The quantitative estimate of drug-likeness (QED) is 0.233. The van der Waals surface area contributed by atoms with Crippen LogP contribution in [0.25, 0.3) is 0 Å². The summed E-state index contributed by atoms with van der Waals surface area (Å²) in [6.45, 7) is 6.30. The number of piperidine rings is 1. The van der Waals surface area contributed by atoms with Gasteiger partial charge in [-0.05, 0) is 39.3 Å². The first kappa shape index (κ1) is 26.2. The minimum Gasteiger partial charge on any atom is -0.369 e. The van der Waals surface area contributed by atoms with Crippen molar-refractivity contribution in [3.63, 3.8) is 0 Å². The van der Waals surface area contributed by atoms with Gasteiger partial charge in [0.1, 0.15) is 6.04 Å². The molecular formula is C18H34F3IN6O. The van der Waals surface area contributed by atoms with Crippen molar-refractivity contribution in [1.29, 1.82) is 0 Å². The third-order valence-electron chi connectivity index (χ3n) is 5.69. The van der Waals surface area contributed by atoms with Crippen LogP contribution in [0.15, 0.2) is 4.99 Å².